The van der Waals surface area contributed by atoms with Crippen molar-refractivity contribution in [2.45, 2.75) is 37.9 Å². The summed E-state index contributed by atoms with van der Waals surface area (Å²) in [5.74, 6) is 0.679. The van der Waals surface area contributed by atoms with Crippen molar-refractivity contribution in [1.82, 2.24) is 15.1 Å². The van der Waals surface area contributed by atoms with Crippen LogP contribution in [0.2, 0.25) is 5.02 Å². The maximum absolute atomic E-state index is 13.0. The Morgan fingerprint density at radius 3 is 2.50 bits per heavy atom. The van der Waals surface area contributed by atoms with Crippen molar-refractivity contribution in [3.8, 4) is 11.1 Å². The minimum atomic E-state index is -4.53. The van der Waals surface area contributed by atoms with Gasteiger partial charge in [0.15, 0.2) is 5.82 Å². The predicted molar refractivity (Wildman–Crippen MR) is 127 cm³/mol. The normalized spacial score (nSPS) is 18.5. The monoisotopic (exact) mass is 490 g/mol. The molecule has 0 saturated heterocycles. The van der Waals surface area contributed by atoms with E-state index in [1.54, 1.807) is 4.68 Å². The van der Waals surface area contributed by atoms with Crippen molar-refractivity contribution in [2.75, 3.05) is 11.9 Å². The van der Waals surface area contributed by atoms with E-state index in [9.17, 15) is 18.0 Å². The van der Waals surface area contributed by atoms with E-state index >= 15 is 0 Å². The minimum Gasteiger partial charge on any atom is -0.368 e. The van der Waals surface area contributed by atoms with Gasteiger partial charge in [0, 0.05) is 31.4 Å². The molecule has 2 aromatic carbocycles. The molecular weight excluding hydrogens is 465 g/mol. The first kappa shape index (κ1) is 24.1. The van der Waals surface area contributed by atoms with Crippen LogP contribution in [0.1, 0.15) is 41.6 Å². The maximum Gasteiger partial charge on any atom is 0.416 e. The van der Waals surface area contributed by atoms with Crippen LogP contribution < -0.4 is 10.6 Å². The lowest BCUT2D eigenvalue weighted by molar-refractivity contribution is -0.137. The van der Waals surface area contributed by atoms with E-state index in [4.69, 9.17) is 11.6 Å². The summed E-state index contributed by atoms with van der Waals surface area (Å²) in [5.41, 5.74) is 1.10. The number of amides is 1. The first-order chi connectivity index (χ1) is 16.2. The third kappa shape index (κ3) is 5.73. The second-order valence-corrected chi connectivity index (χ2v) is 9.10. The molecule has 1 saturated carbocycles. The molecule has 0 unspecified atom stereocenters. The smallest absolute Gasteiger partial charge is 0.368 e. The highest BCUT2D eigenvalue weighted by atomic mass is 35.5. The summed E-state index contributed by atoms with van der Waals surface area (Å²) < 4.78 is 40.8. The first-order valence-corrected chi connectivity index (χ1v) is 11.6. The van der Waals surface area contributed by atoms with Gasteiger partial charge in [0.05, 0.1) is 16.1 Å². The molecule has 1 amide bonds. The Morgan fingerprint density at radius 2 is 1.82 bits per heavy atom. The highest BCUT2D eigenvalue weighted by Gasteiger charge is 2.32. The fourth-order valence-electron chi connectivity index (χ4n) is 4.34. The zero-order valence-corrected chi connectivity index (χ0v) is 19.5. The Morgan fingerprint density at radius 1 is 1.12 bits per heavy atom. The lowest BCUT2D eigenvalue weighted by Crippen LogP contribution is -2.38. The topological polar surface area (TPSA) is 59.0 Å². The van der Waals surface area contributed by atoms with E-state index in [-0.39, 0.29) is 16.6 Å². The molecule has 34 heavy (non-hydrogen) atoms. The second-order valence-electron chi connectivity index (χ2n) is 8.70. The Kier molecular flexibility index (Phi) is 7.16. The summed E-state index contributed by atoms with van der Waals surface area (Å²) in [5, 5.41) is 10.9. The van der Waals surface area contributed by atoms with Crippen molar-refractivity contribution in [3.63, 3.8) is 0 Å². The summed E-state index contributed by atoms with van der Waals surface area (Å²) in [7, 11) is 1.89. The van der Waals surface area contributed by atoms with Crippen LogP contribution in [0.4, 0.5) is 19.0 Å². The van der Waals surface area contributed by atoms with Crippen molar-refractivity contribution in [2.24, 2.45) is 13.0 Å². The Bertz CT molecular complexity index is 1140. The second kappa shape index (κ2) is 10.1. The van der Waals surface area contributed by atoms with Gasteiger partial charge in [-0.2, -0.15) is 18.3 Å². The molecule has 5 nitrogen and oxygen atoms in total. The lowest BCUT2D eigenvalue weighted by Gasteiger charge is -2.29. The molecule has 9 heteroatoms. The highest BCUT2D eigenvalue weighted by molar-refractivity contribution is 6.33. The van der Waals surface area contributed by atoms with Gasteiger partial charge in [0.25, 0.3) is 5.91 Å². The van der Waals surface area contributed by atoms with E-state index in [0.29, 0.717) is 5.92 Å². The fraction of sp³-hybridized carbons (Fsp3) is 0.360. The van der Waals surface area contributed by atoms with E-state index in [0.717, 1.165) is 67.4 Å². The van der Waals surface area contributed by atoms with Crippen LogP contribution in [0.15, 0.2) is 54.7 Å². The van der Waals surface area contributed by atoms with Gasteiger partial charge in [-0.15, -0.1) is 0 Å². The summed E-state index contributed by atoms with van der Waals surface area (Å²) in [6.45, 7) is 0.761. The number of aryl methyl sites for hydroxylation is 1. The first-order valence-electron chi connectivity index (χ1n) is 11.2. The molecule has 4 rings (SSSR count). The molecule has 1 fully saturated rings. The standard InChI is InChI=1S/C25H26ClF3N4O/c1-33-15-21(17-5-3-2-4-6-17)23(32-33)30-14-16-7-10-19(11-8-16)31-24(34)20-13-18(25(27,28)29)9-12-22(20)26/h2-6,9,12-13,15-16,19H,7-8,10-11,14H2,1H3,(H,30,32)(H,31,34)/t16-,19-. The van der Waals surface area contributed by atoms with E-state index in [1.807, 2.05) is 43.6 Å². The van der Waals surface area contributed by atoms with Crippen molar-refractivity contribution >= 4 is 23.3 Å². The number of alkyl halides is 3. The lowest BCUT2D eigenvalue weighted by atomic mass is 9.86. The summed E-state index contributed by atoms with van der Waals surface area (Å²) in [4.78, 5) is 12.6. The van der Waals surface area contributed by atoms with Gasteiger partial charge >= 0.3 is 6.18 Å². The summed E-state index contributed by atoms with van der Waals surface area (Å²) in [6.07, 6.45) is 0.746. The average Bonchev–Trinajstić information content (AvgIpc) is 3.19. The number of aromatic nitrogens is 2. The number of rotatable bonds is 6. The molecule has 0 bridgehead atoms. The van der Waals surface area contributed by atoms with Crippen molar-refractivity contribution in [1.29, 1.82) is 0 Å². The number of nitrogens with one attached hydrogen (secondary N) is 2. The molecule has 0 atom stereocenters. The van der Waals surface area contributed by atoms with Gasteiger partial charge in [-0.1, -0.05) is 41.9 Å². The molecule has 0 radical (unpaired) electrons. The van der Waals surface area contributed by atoms with Crippen molar-refractivity contribution < 1.29 is 18.0 Å². The van der Waals surface area contributed by atoms with Gasteiger partial charge in [0.1, 0.15) is 0 Å². The number of hydrogen-bond acceptors (Lipinski definition) is 3. The molecule has 0 spiro atoms. The SMILES string of the molecule is Cn1cc(-c2ccccc2)c(NC[C@H]2CC[C@H](NC(=O)c3cc(C(F)(F)F)ccc3Cl)CC2)n1. The Balaban J connectivity index is 1.31. The van der Waals surface area contributed by atoms with Gasteiger partial charge in [0.2, 0.25) is 0 Å². The molecule has 2 N–H and O–H groups in total. The van der Waals surface area contributed by atoms with Crippen LogP contribution in [0, 0.1) is 5.92 Å². The molecule has 180 valence electrons. The molecule has 0 aliphatic heterocycles. The number of anilines is 1. The third-order valence-electron chi connectivity index (χ3n) is 6.19. The summed E-state index contributed by atoms with van der Waals surface area (Å²) >= 11 is 6.00. The van der Waals surface area contributed by atoms with Crippen LogP contribution >= 0.6 is 11.6 Å². The zero-order chi connectivity index (χ0) is 24.3. The number of carbonyl (C=O) groups is 1. The summed E-state index contributed by atoms with van der Waals surface area (Å²) in [6, 6.07) is 12.8. The number of benzene rings is 2. The largest absolute Gasteiger partial charge is 0.416 e. The van der Waals surface area contributed by atoms with Crippen LogP contribution in [-0.4, -0.2) is 28.3 Å². The molecule has 1 aliphatic rings. The van der Waals surface area contributed by atoms with Crippen LogP contribution in [0.5, 0.6) is 0 Å². The molecule has 3 aromatic rings. The van der Waals surface area contributed by atoms with Gasteiger partial charge in [-0.05, 0) is 55.4 Å². The number of carbonyl (C=O) groups excluding carboxylic acids is 1. The molecule has 1 aliphatic carbocycles. The molecule has 1 aromatic heterocycles. The van der Waals surface area contributed by atoms with E-state index in [1.165, 1.54) is 0 Å². The maximum atomic E-state index is 13.0. The number of nitrogens with zero attached hydrogens (tertiary/aromatic N) is 2. The quantitative estimate of drug-likeness (QED) is 0.435. The van der Waals surface area contributed by atoms with Gasteiger partial charge in [-0.25, -0.2) is 0 Å². The van der Waals surface area contributed by atoms with Gasteiger partial charge in [-0.3, -0.25) is 9.48 Å². The third-order valence-corrected chi connectivity index (χ3v) is 6.52. The minimum absolute atomic E-state index is 0.00738. The van der Waals surface area contributed by atoms with Crippen LogP contribution in [-0.2, 0) is 13.2 Å². The molecule has 1 heterocycles. The van der Waals surface area contributed by atoms with Crippen LogP contribution in [0.3, 0.4) is 0 Å². The Labute approximate surface area is 201 Å². The number of halogens is 4. The average molecular weight is 491 g/mol. The van der Waals surface area contributed by atoms with Crippen LogP contribution in [0.25, 0.3) is 11.1 Å². The van der Waals surface area contributed by atoms with Crippen molar-refractivity contribution in [3.05, 3.63) is 70.9 Å². The van der Waals surface area contributed by atoms with E-state index < -0.39 is 17.6 Å². The number of hydrogen-bond donors (Lipinski definition) is 2. The van der Waals surface area contributed by atoms with Gasteiger partial charge < -0.3 is 10.6 Å². The highest BCUT2D eigenvalue weighted by Crippen LogP contribution is 2.32. The predicted octanol–water partition coefficient (Wildman–Crippen LogP) is 6.16. The molecular formula is C25H26ClF3N4O. The Hall–Kier alpha value is -3.00. The fourth-order valence-corrected chi connectivity index (χ4v) is 4.54. The zero-order valence-electron chi connectivity index (χ0n) is 18.7. The van der Waals surface area contributed by atoms with E-state index in [2.05, 4.69) is 15.7 Å².